The molecule has 2 rings (SSSR count). The molecule has 0 radical (unpaired) electrons. The Kier molecular flexibility index (Phi) is 4.13. The first-order valence-corrected chi connectivity index (χ1v) is 6.81. The van der Waals surface area contributed by atoms with Crippen LogP contribution in [0, 0.1) is 6.92 Å². The molecule has 1 aromatic carbocycles. The highest BCUT2D eigenvalue weighted by Crippen LogP contribution is 2.32. The number of imidazole rings is 1. The van der Waals surface area contributed by atoms with Crippen LogP contribution in [0.1, 0.15) is 11.3 Å². The van der Waals surface area contributed by atoms with Crippen LogP contribution in [0.2, 0.25) is 0 Å². The van der Waals surface area contributed by atoms with E-state index in [0.29, 0.717) is 21.9 Å². The molecule has 1 N–H and O–H groups in total. The normalized spacial score (nSPS) is 10.6. The molecule has 5 nitrogen and oxygen atoms in total. The van der Waals surface area contributed by atoms with Crippen LogP contribution in [0.4, 0.5) is 0 Å². The van der Waals surface area contributed by atoms with Crippen molar-refractivity contribution in [3.63, 3.8) is 0 Å². The van der Waals surface area contributed by atoms with E-state index in [-0.39, 0.29) is 6.42 Å². The van der Waals surface area contributed by atoms with E-state index in [4.69, 9.17) is 9.84 Å². The van der Waals surface area contributed by atoms with Gasteiger partial charge in [0.15, 0.2) is 0 Å². The van der Waals surface area contributed by atoms with Crippen molar-refractivity contribution in [3.05, 3.63) is 34.1 Å². The minimum atomic E-state index is -0.911. The summed E-state index contributed by atoms with van der Waals surface area (Å²) in [6.45, 7) is 1.99. The zero-order valence-corrected chi connectivity index (χ0v) is 13.1. The summed E-state index contributed by atoms with van der Waals surface area (Å²) in [5, 5.41) is 8.91. The molecule has 0 aliphatic heterocycles. The summed E-state index contributed by atoms with van der Waals surface area (Å²) >= 11 is 3.39. The monoisotopic (exact) mass is 338 g/mol. The first-order valence-electron chi connectivity index (χ1n) is 6.02. The number of carboxylic acids is 1. The summed E-state index contributed by atoms with van der Waals surface area (Å²) in [7, 11) is 3.43. The minimum absolute atomic E-state index is 0.122. The average Bonchev–Trinajstić information content (AvgIpc) is 2.66. The number of ether oxygens (including phenoxy) is 1. The largest absolute Gasteiger partial charge is 0.496 e. The molecule has 1 aromatic heterocycles. The number of aryl methyl sites for hydroxylation is 1. The Morgan fingerprint density at radius 3 is 2.80 bits per heavy atom. The number of aromatic nitrogens is 2. The zero-order chi connectivity index (χ0) is 14.9. The van der Waals surface area contributed by atoms with E-state index in [1.54, 1.807) is 7.11 Å². The SMILES string of the molecule is COc1ccc(C)cc1-c1nc(CC(=O)O)c(Br)n1C. The van der Waals surface area contributed by atoms with Crippen molar-refractivity contribution < 1.29 is 14.6 Å². The molecule has 106 valence electrons. The third-order valence-corrected chi connectivity index (χ3v) is 4.00. The number of hydrogen-bond donors (Lipinski definition) is 1. The van der Waals surface area contributed by atoms with E-state index in [1.807, 2.05) is 36.7 Å². The maximum atomic E-state index is 10.9. The smallest absolute Gasteiger partial charge is 0.309 e. The average molecular weight is 339 g/mol. The Morgan fingerprint density at radius 2 is 2.20 bits per heavy atom. The highest BCUT2D eigenvalue weighted by atomic mass is 79.9. The Morgan fingerprint density at radius 1 is 1.50 bits per heavy atom. The second kappa shape index (κ2) is 5.66. The van der Waals surface area contributed by atoms with Crippen molar-refractivity contribution >= 4 is 21.9 Å². The van der Waals surface area contributed by atoms with Crippen LogP contribution in [0.3, 0.4) is 0 Å². The molecule has 2 aromatic rings. The molecular weight excluding hydrogens is 324 g/mol. The van der Waals surface area contributed by atoms with Crippen LogP contribution in [-0.4, -0.2) is 27.7 Å². The Balaban J connectivity index is 2.58. The first-order chi connectivity index (χ1) is 9.43. The fourth-order valence-electron chi connectivity index (χ4n) is 2.03. The van der Waals surface area contributed by atoms with Gasteiger partial charge in [0, 0.05) is 7.05 Å². The molecule has 0 amide bonds. The third kappa shape index (κ3) is 2.70. The van der Waals surface area contributed by atoms with Gasteiger partial charge in [-0.25, -0.2) is 4.98 Å². The summed E-state index contributed by atoms with van der Waals surface area (Å²) < 4.78 is 7.84. The number of hydrogen-bond acceptors (Lipinski definition) is 3. The molecule has 6 heteroatoms. The van der Waals surface area contributed by atoms with Gasteiger partial charge in [-0.3, -0.25) is 4.79 Å². The minimum Gasteiger partial charge on any atom is -0.496 e. The fraction of sp³-hybridized carbons (Fsp3) is 0.286. The topological polar surface area (TPSA) is 64.3 Å². The predicted octanol–water partition coefficient (Wildman–Crippen LogP) is 2.79. The summed E-state index contributed by atoms with van der Waals surface area (Å²) in [6, 6.07) is 5.81. The van der Waals surface area contributed by atoms with Gasteiger partial charge in [-0.05, 0) is 35.0 Å². The lowest BCUT2D eigenvalue weighted by atomic mass is 10.1. The second-order valence-corrected chi connectivity index (χ2v) is 5.26. The van der Waals surface area contributed by atoms with Crippen molar-refractivity contribution in [1.29, 1.82) is 0 Å². The van der Waals surface area contributed by atoms with E-state index in [0.717, 1.165) is 11.1 Å². The Bertz CT molecular complexity index is 665. The van der Waals surface area contributed by atoms with Crippen molar-refractivity contribution in [3.8, 4) is 17.1 Å². The van der Waals surface area contributed by atoms with Crippen LogP contribution in [0.15, 0.2) is 22.8 Å². The fourth-order valence-corrected chi connectivity index (χ4v) is 2.43. The third-order valence-electron chi connectivity index (χ3n) is 3.01. The van der Waals surface area contributed by atoms with Gasteiger partial charge in [-0.2, -0.15) is 0 Å². The van der Waals surface area contributed by atoms with Crippen molar-refractivity contribution in [1.82, 2.24) is 9.55 Å². The van der Waals surface area contributed by atoms with Crippen molar-refractivity contribution in [2.45, 2.75) is 13.3 Å². The number of methoxy groups -OCH3 is 1. The van der Waals surface area contributed by atoms with E-state index in [2.05, 4.69) is 20.9 Å². The molecule has 20 heavy (non-hydrogen) atoms. The lowest BCUT2D eigenvalue weighted by Gasteiger charge is -2.09. The number of halogens is 1. The van der Waals surface area contributed by atoms with E-state index >= 15 is 0 Å². The van der Waals surface area contributed by atoms with Gasteiger partial charge in [0.2, 0.25) is 0 Å². The van der Waals surface area contributed by atoms with E-state index in [9.17, 15) is 4.79 Å². The number of carboxylic acid groups (broad SMARTS) is 1. The van der Waals surface area contributed by atoms with Crippen LogP contribution < -0.4 is 4.74 Å². The Labute approximate surface area is 125 Å². The van der Waals surface area contributed by atoms with Crippen LogP contribution in [-0.2, 0) is 18.3 Å². The molecule has 0 atom stereocenters. The number of carbonyl (C=O) groups is 1. The van der Waals surface area contributed by atoms with Gasteiger partial charge >= 0.3 is 5.97 Å². The van der Waals surface area contributed by atoms with E-state index < -0.39 is 5.97 Å². The van der Waals surface area contributed by atoms with Gasteiger partial charge in [0.1, 0.15) is 16.2 Å². The maximum Gasteiger partial charge on any atom is 0.309 e. The molecule has 0 unspecified atom stereocenters. The van der Waals surface area contributed by atoms with Crippen LogP contribution >= 0.6 is 15.9 Å². The molecule has 0 bridgehead atoms. The van der Waals surface area contributed by atoms with Crippen molar-refractivity contribution in [2.24, 2.45) is 7.05 Å². The molecule has 0 spiro atoms. The van der Waals surface area contributed by atoms with Gasteiger partial charge in [-0.1, -0.05) is 11.6 Å². The quantitative estimate of drug-likeness (QED) is 0.930. The number of benzene rings is 1. The molecule has 0 saturated carbocycles. The van der Waals surface area contributed by atoms with E-state index in [1.165, 1.54) is 0 Å². The standard InChI is InChI=1S/C14H15BrN2O3/c1-8-4-5-11(20-3)9(6-8)14-16-10(7-12(18)19)13(15)17(14)2/h4-6H,7H2,1-3H3,(H,18,19). The van der Waals surface area contributed by atoms with Gasteiger partial charge < -0.3 is 14.4 Å². The summed E-state index contributed by atoms with van der Waals surface area (Å²) in [5.41, 5.74) is 2.42. The van der Waals surface area contributed by atoms with Crippen molar-refractivity contribution in [2.75, 3.05) is 7.11 Å². The summed E-state index contributed by atoms with van der Waals surface area (Å²) in [5.74, 6) is 0.471. The molecule has 0 aliphatic rings. The predicted molar refractivity (Wildman–Crippen MR) is 79.0 cm³/mol. The molecule has 1 heterocycles. The number of nitrogens with zero attached hydrogens (tertiary/aromatic N) is 2. The van der Waals surface area contributed by atoms with Crippen LogP contribution in [0.25, 0.3) is 11.4 Å². The van der Waals surface area contributed by atoms with Crippen LogP contribution in [0.5, 0.6) is 5.75 Å². The zero-order valence-electron chi connectivity index (χ0n) is 11.5. The van der Waals surface area contributed by atoms with Gasteiger partial charge in [0.05, 0.1) is 24.8 Å². The Hall–Kier alpha value is -1.82. The number of rotatable bonds is 4. The molecule has 0 saturated heterocycles. The lowest BCUT2D eigenvalue weighted by molar-refractivity contribution is -0.136. The summed E-state index contributed by atoms with van der Waals surface area (Å²) in [6.07, 6.45) is -0.122. The molecule has 0 aliphatic carbocycles. The highest BCUT2D eigenvalue weighted by molar-refractivity contribution is 9.10. The lowest BCUT2D eigenvalue weighted by Crippen LogP contribution is -2.01. The maximum absolute atomic E-state index is 10.9. The number of aliphatic carboxylic acids is 1. The highest BCUT2D eigenvalue weighted by Gasteiger charge is 2.18. The molecular formula is C14H15BrN2O3. The summed E-state index contributed by atoms with van der Waals surface area (Å²) in [4.78, 5) is 15.3. The second-order valence-electron chi connectivity index (χ2n) is 4.51. The van der Waals surface area contributed by atoms with Gasteiger partial charge in [-0.15, -0.1) is 0 Å². The first kappa shape index (κ1) is 14.6. The van der Waals surface area contributed by atoms with Gasteiger partial charge in [0.25, 0.3) is 0 Å². The molecule has 0 fully saturated rings.